The molecule has 1 fully saturated rings. The van der Waals surface area contributed by atoms with E-state index in [0.717, 1.165) is 12.8 Å². The Balaban J connectivity index is 1.72. The van der Waals surface area contributed by atoms with Gasteiger partial charge in [-0.3, -0.25) is 9.48 Å². The van der Waals surface area contributed by atoms with Gasteiger partial charge >= 0.3 is 5.97 Å². The van der Waals surface area contributed by atoms with E-state index in [1.165, 1.54) is 10.9 Å². The third-order valence-electron chi connectivity index (χ3n) is 4.21. The Morgan fingerprint density at radius 1 is 1.45 bits per heavy atom. The number of carboxylic acids is 1. The molecule has 1 amide bonds. The van der Waals surface area contributed by atoms with Crippen LogP contribution in [0.2, 0.25) is 0 Å². The monoisotopic (exact) mass is 275 g/mol. The molecular formula is C14H17N3O3. The van der Waals surface area contributed by atoms with Crippen LogP contribution in [0.5, 0.6) is 0 Å². The molecule has 2 bridgehead atoms. The third-order valence-corrected chi connectivity index (χ3v) is 4.21. The SMILES string of the molecule is Cn1cc(C(NC(=O)C2CC3C=CC2C3)C(=O)O)cn1. The Kier molecular flexibility index (Phi) is 3.08. The molecular weight excluding hydrogens is 258 g/mol. The van der Waals surface area contributed by atoms with Crippen LogP contribution in [0.25, 0.3) is 0 Å². The minimum atomic E-state index is -1.06. The van der Waals surface area contributed by atoms with Gasteiger partial charge in [-0.25, -0.2) is 4.79 Å². The van der Waals surface area contributed by atoms with E-state index in [9.17, 15) is 14.7 Å². The molecule has 1 heterocycles. The predicted octanol–water partition coefficient (Wildman–Crippen LogP) is 0.874. The molecule has 1 aromatic rings. The number of nitrogens with one attached hydrogen (secondary N) is 1. The number of carboxylic acid groups (broad SMARTS) is 1. The number of carbonyl (C=O) groups excluding carboxylic acids is 1. The van der Waals surface area contributed by atoms with E-state index in [1.54, 1.807) is 13.2 Å². The highest BCUT2D eigenvalue weighted by atomic mass is 16.4. The summed E-state index contributed by atoms with van der Waals surface area (Å²) in [6.45, 7) is 0. The van der Waals surface area contributed by atoms with Gasteiger partial charge in [-0.05, 0) is 24.7 Å². The van der Waals surface area contributed by atoms with E-state index < -0.39 is 12.0 Å². The number of amides is 1. The molecule has 106 valence electrons. The molecule has 6 heteroatoms. The van der Waals surface area contributed by atoms with E-state index in [4.69, 9.17) is 0 Å². The number of hydrogen-bond donors (Lipinski definition) is 2. The molecule has 3 rings (SSSR count). The number of aryl methyl sites for hydroxylation is 1. The molecule has 4 unspecified atom stereocenters. The third kappa shape index (κ3) is 2.21. The van der Waals surface area contributed by atoms with Crippen LogP contribution in [0.3, 0.4) is 0 Å². The highest BCUT2D eigenvalue weighted by molar-refractivity contribution is 5.86. The van der Waals surface area contributed by atoms with Crippen molar-refractivity contribution in [3.8, 4) is 0 Å². The molecule has 0 aliphatic heterocycles. The van der Waals surface area contributed by atoms with Gasteiger partial charge in [0.15, 0.2) is 6.04 Å². The summed E-state index contributed by atoms with van der Waals surface area (Å²) in [6, 6.07) is -1.03. The Labute approximate surface area is 116 Å². The van der Waals surface area contributed by atoms with Crippen molar-refractivity contribution in [2.24, 2.45) is 24.8 Å². The lowest BCUT2D eigenvalue weighted by Gasteiger charge is -2.20. The van der Waals surface area contributed by atoms with Gasteiger partial charge in [-0.2, -0.15) is 5.10 Å². The van der Waals surface area contributed by atoms with Crippen molar-refractivity contribution in [3.05, 3.63) is 30.1 Å². The summed E-state index contributed by atoms with van der Waals surface area (Å²) in [5, 5.41) is 15.9. The lowest BCUT2D eigenvalue weighted by atomic mass is 9.92. The molecule has 2 aliphatic carbocycles. The second-order valence-electron chi connectivity index (χ2n) is 5.61. The van der Waals surface area contributed by atoms with E-state index in [0.29, 0.717) is 11.5 Å². The Hall–Kier alpha value is -2.11. The molecule has 2 aliphatic rings. The van der Waals surface area contributed by atoms with E-state index in [-0.39, 0.29) is 17.7 Å². The summed E-state index contributed by atoms with van der Waals surface area (Å²) in [5.41, 5.74) is 0.493. The molecule has 2 N–H and O–H groups in total. The number of aliphatic carboxylic acids is 1. The quantitative estimate of drug-likeness (QED) is 0.799. The largest absolute Gasteiger partial charge is 0.479 e. The summed E-state index contributed by atoms with van der Waals surface area (Å²) in [4.78, 5) is 23.6. The van der Waals surface area contributed by atoms with Crippen LogP contribution in [-0.4, -0.2) is 26.8 Å². The topological polar surface area (TPSA) is 84.2 Å². The molecule has 0 spiro atoms. The maximum absolute atomic E-state index is 12.3. The van der Waals surface area contributed by atoms with Crippen LogP contribution < -0.4 is 5.32 Å². The Morgan fingerprint density at radius 3 is 2.75 bits per heavy atom. The van der Waals surface area contributed by atoms with E-state index in [1.807, 2.05) is 0 Å². The van der Waals surface area contributed by atoms with Crippen molar-refractivity contribution < 1.29 is 14.7 Å². The fourth-order valence-corrected chi connectivity index (χ4v) is 3.21. The zero-order valence-electron chi connectivity index (χ0n) is 11.2. The zero-order valence-corrected chi connectivity index (χ0v) is 11.2. The summed E-state index contributed by atoms with van der Waals surface area (Å²) >= 11 is 0. The number of allylic oxidation sites excluding steroid dienone is 2. The van der Waals surface area contributed by atoms with Gasteiger partial charge in [0.2, 0.25) is 5.91 Å². The molecule has 4 atom stereocenters. The van der Waals surface area contributed by atoms with Gasteiger partial charge in [-0.15, -0.1) is 0 Å². The standard InChI is InChI=1S/C14H17N3O3/c1-17-7-10(6-15-17)12(14(19)20)16-13(18)11-5-8-2-3-9(11)4-8/h2-3,6-9,11-12H,4-5H2,1H3,(H,16,18)(H,19,20). The second-order valence-corrected chi connectivity index (χ2v) is 5.61. The van der Waals surface area contributed by atoms with Gasteiger partial charge in [0.1, 0.15) is 0 Å². The number of rotatable bonds is 4. The molecule has 0 saturated heterocycles. The Morgan fingerprint density at radius 2 is 2.25 bits per heavy atom. The number of aromatic nitrogens is 2. The number of nitrogens with zero attached hydrogens (tertiary/aromatic N) is 2. The molecule has 0 radical (unpaired) electrons. The van der Waals surface area contributed by atoms with Gasteiger partial charge in [0.05, 0.1) is 6.20 Å². The fraction of sp³-hybridized carbons (Fsp3) is 0.500. The van der Waals surface area contributed by atoms with Gasteiger partial charge < -0.3 is 10.4 Å². The minimum Gasteiger partial charge on any atom is -0.479 e. The summed E-state index contributed by atoms with van der Waals surface area (Å²) in [6.07, 6.45) is 9.16. The number of carbonyl (C=O) groups is 2. The molecule has 0 aromatic carbocycles. The number of fused-ring (bicyclic) bond motifs is 2. The molecule has 1 saturated carbocycles. The van der Waals surface area contributed by atoms with Crippen LogP contribution in [0.1, 0.15) is 24.4 Å². The first-order chi connectivity index (χ1) is 9.54. The highest BCUT2D eigenvalue weighted by Gasteiger charge is 2.41. The predicted molar refractivity (Wildman–Crippen MR) is 70.6 cm³/mol. The van der Waals surface area contributed by atoms with Crippen molar-refractivity contribution in [2.75, 3.05) is 0 Å². The fourth-order valence-electron chi connectivity index (χ4n) is 3.21. The molecule has 20 heavy (non-hydrogen) atoms. The first-order valence-electron chi connectivity index (χ1n) is 6.74. The lowest BCUT2D eigenvalue weighted by Crippen LogP contribution is -2.38. The average molecular weight is 275 g/mol. The van der Waals surface area contributed by atoms with E-state index >= 15 is 0 Å². The summed E-state index contributed by atoms with van der Waals surface area (Å²) in [5.74, 6) is -0.576. The summed E-state index contributed by atoms with van der Waals surface area (Å²) < 4.78 is 1.53. The minimum absolute atomic E-state index is 0.0940. The van der Waals surface area contributed by atoms with E-state index in [2.05, 4.69) is 22.6 Å². The highest BCUT2D eigenvalue weighted by Crippen LogP contribution is 2.43. The van der Waals surface area contributed by atoms with Crippen molar-refractivity contribution in [1.82, 2.24) is 15.1 Å². The van der Waals surface area contributed by atoms with Gasteiger partial charge in [0, 0.05) is 24.7 Å². The van der Waals surface area contributed by atoms with Crippen LogP contribution >= 0.6 is 0 Å². The van der Waals surface area contributed by atoms with Crippen molar-refractivity contribution in [3.63, 3.8) is 0 Å². The van der Waals surface area contributed by atoms with Crippen LogP contribution in [-0.2, 0) is 16.6 Å². The van der Waals surface area contributed by atoms with Gasteiger partial charge in [-0.1, -0.05) is 12.2 Å². The van der Waals surface area contributed by atoms with Crippen LogP contribution in [0, 0.1) is 17.8 Å². The van der Waals surface area contributed by atoms with Crippen molar-refractivity contribution in [1.29, 1.82) is 0 Å². The normalized spacial score (nSPS) is 28.6. The average Bonchev–Trinajstić information content (AvgIpc) is 3.10. The van der Waals surface area contributed by atoms with Crippen molar-refractivity contribution >= 4 is 11.9 Å². The number of hydrogen-bond acceptors (Lipinski definition) is 3. The first kappa shape index (κ1) is 12.9. The van der Waals surface area contributed by atoms with Crippen LogP contribution in [0.4, 0.5) is 0 Å². The lowest BCUT2D eigenvalue weighted by molar-refractivity contribution is -0.142. The van der Waals surface area contributed by atoms with Gasteiger partial charge in [0.25, 0.3) is 0 Å². The summed E-state index contributed by atoms with van der Waals surface area (Å²) in [7, 11) is 1.71. The maximum atomic E-state index is 12.3. The van der Waals surface area contributed by atoms with Crippen LogP contribution in [0.15, 0.2) is 24.5 Å². The molecule has 1 aromatic heterocycles. The second kappa shape index (κ2) is 4.77. The Bertz CT molecular complexity index is 578. The molecule has 6 nitrogen and oxygen atoms in total. The van der Waals surface area contributed by atoms with Crippen molar-refractivity contribution in [2.45, 2.75) is 18.9 Å². The zero-order chi connectivity index (χ0) is 14.3. The maximum Gasteiger partial charge on any atom is 0.331 e. The first-order valence-corrected chi connectivity index (χ1v) is 6.74. The smallest absolute Gasteiger partial charge is 0.331 e.